The minimum atomic E-state index is -4.43. The van der Waals surface area contributed by atoms with Crippen LogP contribution in [0.15, 0.2) is 41.9 Å². The highest BCUT2D eigenvalue weighted by Gasteiger charge is 2.34. The second kappa shape index (κ2) is 9.75. The van der Waals surface area contributed by atoms with Crippen molar-refractivity contribution in [2.24, 2.45) is 0 Å². The van der Waals surface area contributed by atoms with Crippen LogP contribution in [0.25, 0.3) is 6.20 Å². The number of alkyl halides is 3. The predicted octanol–water partition coefficient (Wildman–Crippen LogP) is 5.43. The van der Waals surface area contributed by atoms with Crippen LogP contribution in [0.1, 0.15) is 71.1 Å². The van der Waals surface area contributed by atoms with Crippen molar-refractivity contribution in [2.45, 2.75) is 57.5 Å². The molecule has 2 N–H and O–H groups in total. The first kappa shape index (κ1) is 24.0. The molecule has 3 aromatic rings. The van der Waals surface area contributed by atoms with Crippen LogP contribution in [0, 0.1) is 6.92 Å². The smallest absolute Gasteiger partial charge is 0.376 e. The van der Waals surface area contributed by atoms with Crippen LogP contribution in [0.3, 0.4) is 0 Å². The molecule has 0 aliphatic carbocycles. The number of thiazole rings is 1. The van der Waals surface area contributed by atoms with Crippen molar-refractivity contribution in [1.82, 2.24) is 30.3 Å². The first-order valence-electron chi connectivity index (χ1n) is 11.9. The molecule has 35 heavy (non-hydrogen) atoms. The third kappa shape index (κ3) is 5.29. The van der Waals surface area contributed by atoms with E-state index >= 15 is 0 Å². The highest BCUT2D eigenvalue weighted by Crippen LogP contribution is 2.33. The van der Waals surface area contributed by atoms with E-state index < -0.39 is 11.9 Å². The summed E-state index contributed by atoms with van der Waals surface area (Å²) >= 11 is 1.71. The maximum Gasteiger partial charge on any atom is 0.435 e. The van der Waals surface area contributed by atoms with Gasteiger partial charge >= 0.3 is 6.18 Å². The summed E-state index contributed by atoms with van der Waals surface area (Å²) in [6.07, 6.45) is 0.923. The topological polar surface area (TPSA) is 58.0 Å². The zero-order chi connectivity index (χ0) is 24.6. The average molecular weight is 503 g/mol. The van der Waals surface area contributed by atoms with Gasteiger partial charge < -0.3 is 4.90 Å². The van der Waals surface area contributed by atoms with E-state index in [-0.39, 0.29) is 12.2 Å². The molecular formula is C25H29F3N6S. The van der Waals surface area contributed by atoms with Crippen LogP contribution in [-0.4, -0.2) is 32.8 Å². The summed E-state index contributed by atoms with van der Waals surface area (Å²) in [5, 5.41) is 14.2. The normalized spacial score (nSPS) is 21.9. The number of likely N-dealkylation sites (tertiary alicyclic amines) is 1. The summed E-state index contributed by atoms with van der Waals surface area (Å²) in [5.41, 5.74) is 3.25. The molecule has 0 radical (unpaired) electrons. The van der Waals surface area contributed by atoms with Crippen molar-refractivity contribution in [3.05, 3.63) is 75.1 Å². The number of aryl methyl sites for hydroxylation is 1. The van der Waals surface area contributed by atoms with E-state index in [9.17, 15) is 13.2 Å². The molecule has 186 valence electrons. The summed E-state index contributed by atoms with van der Waals surface area (Å²) in [5.74, 6) is 0.391. The van der Waals surface area contributed by atoms with Crippen molar-refractivity contribution < 1.29 is 13.2 Å². The van der Waals surface area contributed by atoms with Gasteiger partial charge in [-0.1, -0.05) is 24.3 Å². The number of aromatic nitrogens is 3. The van der Waals surface area contributed by atoms with Crippen molar-refractivity contribution in [3.63, 3.8) is 0 Å². The lowest BCUT2D eigenvalue weighted by Gasteiger charge is -2.30. The molecule has 2 aromatic heterocycles. The zero-order valence-corrected chi connectivity index (χ0v) is 20.5. The van der Waals surface area contributed by atoms with Gasteiger partial charge in [0, 0.05) is 55.1 Å². The van der Waals surface area contributed by atoms with Crippen molar-refractivity contribution in [3.8, 4) is 0 Å². The van der Waals surface area contributed by atoms with Gasteiger partial charge in [-0.05, 0) is 43.9 Å². The predicted molar refractivity (Wildman–Crippen MR) is 131 cm³/mol. The van der Waals surface area contributed by atoms with E-state index in [1.807, 2.05) is 6.20 Å². The zero-order valence-electron chi connectivity index (χ0n) is 19.7. The van der Waals surface area contributed by atoms with E-state index in [1.165, 1.54) is 15.8 Å². The summed E-state index contributed by atoms with van der Waals surface area (Å²) < 4.78 is 39.9. The number of benzene rings is 1. The van der Waals surface area contributed by atoms with Gasteiger partial charge in [-0.3, -0.25) is 10.6 Å². The van der Waals surface area contributed by atoms with Crippen molar-refractivity contribution in [1.29, 1.82) is 0 Å². The Balaban J connectivity index is 1.18. The molecule has 1 aromatic carbocycles. The molecule has 5 rings (SSSR count). The maximum absolute atomic E-state index is 12.9. The largest absolute Gasteiger partial charge is 0.435 e. The standard InChI is InChI=1S/C25H29F3N6S/c1-16-13-22(25(26,27)28)32-34(16)12-11-33-9-7-18(8-10-33)24-31-21(15-35-24)23-29-14-19-5-3-4-6-20(19)17(2)30-23/h3-6,11-13,15,17-18,23,29-30H,7-10,14H2,1-2H3. The number of nitrogens with one attached hydrogen (secondary N) is 2. The quantitative estimate of drug-likeness (QED) is 0.499. The molecule has 0 amide bonds. The lowest BCUT2D eigenvalue weighted by molar-refractivity contribution is -0.141. The molecule has 0 saturated carbocycles. The Kier molecular flexibility index (Phi) is 6.69. The van der Waals surface area contributed by atoms with Crippen LogP contribution >= 0.6 is 11.3 Å². The van der Waals surface area contributed by atoms with Gasteiger partial charge in [0.2, 0.25) is 0 Å². The molecule has 4 heterocycles. The Morgan fingerprint density at radius 1 is 1.14 bits per heavy atom. The van der Waals surface area contributed by atoms with E-state index in [1.54, 1.807) is 24.5 Å². The number of hydrogen-bond donors (Lipinski definition) is 2. The molecular weight excluding hydrogens is 473 g/mol. The fourth-order valence-electron chi connectivity index (χ4n) is 4.77. The fourth-order valence-corrected chi connectivity index (χ4v) is 5.79. The molecule has 0 bridgehead atoms. The molecule has 2 aliphatic rings. The monoisotopic (exact) mass is 502 g/mol. The van der Waals surface area contributed by atoms with E-state index in [0.717, 1.165) is 49.2 Å². The Morgan fingerprint density at radius 3 is 2.66 bits per heavy atom. The molecule has 2 atom stereocenters. The van der Waals surface area contributed by atoms with Gasteiger partial charge in [0.15, 0.2) is 5.69 Å². The van der Waals surface area contributed by atoms with Gasteiger partial charge in [0.05, 0.1) is 10.7 Å². The van der Waals surface area contributed by atoms with Crippen molar-refractivity contribution >= 4 is 17.5 Å². The third-order valence-electron chi connectivity index (χ3n) is 6.78. The Morgan fingerprint density at radius 2 is 1.91 bits per heavy atom. The summed E-state index contributed by atoms with van der Waals surface area (Å²) in [6, 6.07) is 9.79. The van der Waals surface area contributed by atoms with E-state index in [2.05, 4.69) is 57.2 Å². The van der Waals surface area contributed by atoms with Gasteiger partial charge in [-0.25, -0.2) is 9.67 Å². The number of halogens is 3. The van der Waals surface area contributed by atoms with Crippen LogP contribution in [0.2, 0.25) is 0 Å². The Bertz CT molecular complexity index is 1190. The number of nitrogens with zero attached hydrogens (tertiary/aromatic N) is 4. The summed E-state index contributed by atoms with van der Waals surface area (Å²) in [4.78, 5) is 7.12. The minimum Gasteiger partial charge on any atom is -0.376 e. The second-order valence-electron chi connectivity index (χ2n) is 9.23. The van der Waals surface area contributed by atoms with Gasteiger partial charge in [-0.15, -0.1) is 11.3 Å². The van der Waals surface area contributed by atoms with E-state index in [0.29, 0.717) is 11.6 Å². The molecule has 1 saturated heterocycles. The third-order valence-corrected chi connectivity index (χ3v) is 7.81. The molecule has 1 fully saturated rings. The van der Waals surface area contributed by atoms with Gasteiger partial charge in [0.1, 0.15) is 6.17 Å². The highest BCUT2D eigenvalue weighted by atomic mass is 32.1. The van der Waals surface area contributed by atoms with Gasteiger partial charge in [-0.2, -0.15) is 18.3 Å². The second-order valence-corrected chi connectivity index (χ2v) is 10.1. The lowest BCUT2D eigenvalue weighted by Crippen LogP contribution is -2.33. The first-order chi connectivity index (χ1) is 16.8. The fraction of sp³-hybridized carbons (Fsp3) is 0.440. The molecule has 0 spiro atoms. The number of piperidine rings is 1. The Hall–Kier alpha value is -2.69. The van der Waals surface area contributed by atoms with Crippen LogP contribution in [0.5, 0.6) is 0 Å². The molecule has 10 heteroatoms. The van der Waals surface area contributed by atoms with Crippen LogP contribution < -0.4 is 10.6 Å². The van der Waals surface area contributed by atoms with Crippen LogP contribution in [0.4, 0.5) is 13.2 Å². The molecule has 2 aliphatic heterocycles. The average Bonchev–Trinajstić information content (AvgIpc) is 3.44. The van der Waals surface area contributed by atoms with Crippen molar-refractivity contribution in [2.75, 3.05) is 13.1 Å². The van der Waals surface area contributed by atoms with E-state index in [4.69, 9.17) is 4.98 Å². The summed E-state index contributed by atoms with van der Waals surface area (Å²) in [7, 11) is 0. The van der Waals surface area contributed by atoms with Crippen LogP contribution in [-0.2, 0) is 12.7 Å². The van der Waals surface area contributed by atoms with Gasteiger partial charge in [0.25, 0.3) is 0 Å². The SMILES string of the molecule is Cc1cc(C(F)(F)F)nn1C=CN1CCC(c2nc(C3NCc4ccccc4C(C)N3)cs2)CC1. The first-order valence-corrected chi connectivity index (χ1v) is 12.7. The number of fused-ring (bicyclic) bond motifs is 1. The number of hydrogen-bond acceptors (Lipinski definition) is 6. The molecule has 2 unspecified atom stereocenters. The molecule has 6 nitrogen and oxygen atoms in total. The number of rotatable bonds is 4. The minimum absolute atomic E-state index is 0.00400. The Labute approximate surface area is 206 Å². The lowest BCUT2D eigenvalue weighted by atomic mass is 9.98. The maximum atomic E-state index is 12.9. The summed E-state index contributed by atoms with van der Waals surface area (Å²) in [6.45, 7) is 6.26. The highest BCUT2D eigenvalue weighted by molar-refractivity contribution is 7.09.